The van der Waals surface area contributed by atoms with Gasteiger partial charge >= 0.3 is 0 Å². The van der Waals surface area contributed by atoms with Crippen LogP contribution in [0.25, 0.3) is 0 Å². The molecule has 7 heteroatoms. The number of aryl methyl sites for hydroxylation is 1. The summed E-state index contributed by atoms with van der Waals surface area (Å²) in [5, 5.41) is 22.0. The molecule has 0 unspecified atom stereocenters. The molecule has 0 fully saturated rings. The number of aliphatic hydroxyl groups excluding tert-OH is 1. The molecule has 0 atom stereocenters. The Hall–Kier alpha value is -1.73. The third kappa shape index (κ3) is 4.33. The van der Waals surface area contributed by atoms with E-state index < -0.39 is 4.92 Å². The van der Waals surface area contributed by atoms with Crippen LogP contribution >= 0.6 is 0 Å². The average Bonchev–Trinajstić information content (AvgIpc) is 2.30. The molecule has 0 aliphatic carbocycles. The minimum atomic E-state index is -0.478. The first-order chi connectivity index (χ1) is 8.15. The Labute approximate surface area is 98.6 Å². The smallest absolute Gasteiger partial charge is 0.287 e. The number of ether oxygens (including phenoxy) is 1. The topological polar surface area (TPSA) is 97.5 Å². The number of nitro groups is 1. The monoisotopic (exact) mass is 241 g/mol. The maximum Gasteiger partial charge on any atom is 0.287 e. The van der Waals surface area contributed by atoms with Crippen LogP contribution in [0.4, 0.5) is 11.5 Å². The molecule has 0 aromatic carbocycles. The fourth-order valence-electron chi connectivity index (χ4n) is 1.25. The van der Waals surface area contributed by atoms with Gasteiger partial charge in [-0.05, 0) is 12.5 Å². The van der Waals surface area contributed by atoms with Crippen molar-refractivity contribution in [1.29, 1.82) is 0 Å². The summed E-state index contributed by atoms with van der Waals surface area (Å²) in [4.78, 5) is 14.0. The number of hydrogen-bond donors (Lipinski definition) is 2. The van der Waals surface area contributed by atoms with Crippen LogP contribution in [0.2, 0.25) is 0 Å². The van der Waals surface area contributed by atoms with Gasteiger partial charge in [-0.15, -0.1) is 0 Å². The molecular weight excluding hydrogens is 226 g/mol. The van der Waals surface area contributed by atoms with Crippen LogP contribution in [-0.2, 0) is 4.74 Å². The van der Waals surface area contributed by atoms with Crippen molar-refractivity contribution >= 4 is 11.5 Å². The van der Waals surface area contributed by atoms with Crippen LogP contribution in [0.5, 0.6) is 0 Å². The molecule has 0 saturated carbocycles. The van der Waals surface area contributed by atoms with Crippen LogP contribution in [0, 0.1) is 17.0 Å². The molecule has 0 aliphatic heterocycles. The van der Waals surface area contributed by atoms with E-state index in [1.165, 1.54) is 12.3 Å². The number of rotatable bonds is 7. The summed E-state index contributed by atoms with van der Waals surface area (Å²) in [7, 11) is 0. The highest BCUT2D eigenvalue weighted by molar-refractivity contribution is 5.48. The van der Waals surface area contributed by atoms with Crippen molar-refractivity contribution in [3.8, 4) is 0 Å². The molecule has 1 rings (SSSR count). The first-order valence-corrected chi connectivity index (χ1v) is 5.18. The van der Waals surface area contributed by atoms with Gasteiger partial charge in [0.05, 0.1) is 24.7 Å². The second-order valence-electron chi connectivity index (χ2n) is 3.38. The Morgan fingerprint density at radius 3 is 2.94 bits per heavy atom. The fraction of sp³-hybridized carbons (Fsp3) is 0.500. The maximum atomic E-state index is 10.5. The van der Waals surface area contributed by atoms with Crippen molar-refractivity contribution in [2.45, 2.75) is 6.92 Å². The molecule has 0 radical (unpaired) electrons. The van der Waals surface area contributed by atoms with E-state index in [1.54, 1.807) is 6.92 Å². The van der Waals surface area contributed by atoms with Crippen LogP contribution < -0.4 is 5.32 Å². The minimum Gasteiger partial charge on any atom is -0.394 e. The van der Waals surface area contributed by atoms with Gasteiger partial charge in [-0.3, -0.25) is 10.1 Å². The van der Waals surface area contributed by atoms with Crippen molar-refractivity contribution in [1.82, 2.24) is 4.98 Å². The van der Waals surface area contributed by atoms with E-state index in [4.69, 9.17) is 9.84 Å². The molecule has 0 bridgehead atoms. The summed E-state index contributed by atoms with van der Waals surface area (Å²) in [5.41, 5.74) is 0.686. The molecule has 1 heterocycles. The highest BCUT2D eigenvalue weighted by atomic mass is 16.6. The van der Waals surface area contributed by atoms with Gasteiger partial charge in [0.25, 0.3) is 5.69 Å². The van der Waals surface area contributed by atoms with Crippen molar-refractivity contribution in [3.63, 3.8) is 0 Å². The lowest BCUT2D eigenvalue weighted by Crippen LogP contribution is -2.12. The number of hydrogen-bond acceptors (Lipinski definition) is 6. The van der Waals surface area contributed by atoms with E-state index in [0.29, 0.717) is 31.1 Å². The molecule has 17 heavy (non-hydrogen) atoms. The second-order valence-corrected chi connectivity index (χ2v) is 3.38. The largest absolute Gasteiger partial charge is 0.394 e. The van der Waals surface area contributed by atoms with Crippen molar-refractivity contribution in [2.75, 3.05) is 31.7 Å². The average molecular weight is 241 g/mol. The Kier molecular flexibility index (Phi) is 5.31. The highest BCUT2D eigenvalue weighted by Gasteiger charge is 2.08. The predicted octanol–water partition coefficient (Wildman–Crippen LogP) is 0.719. The summed E-state index contributed by atoms with van der Waals surface area (Å²) in [6.45, 7) is 3.02. The van der Waals surface area contributed by atoms with Gasteiger partial charge in [0, 0.05) is 12.6 Å². The van der Waals surface area contributed by atoms with E-state index in [0.717, 1.165) is 0 Å². The normalized spacial score (nSPS) is 10.2. The summed E-state index contributed by atoms with van der Waals surface area (Å²) < 4.78 is 5.06. The van der Waals surface area contributed by atoms with E-state index in [-0.39, 0.29) is 12.3 Å². The van der Waals surface area contributed by atoms with Crippen LogP contribution in [0.15, 0.2) is 12.3 Å². The number of pyridine rings is 1. The second kappa shape index (κ2) is 6.77. The molecule has 7 nitrogen and oxygen atoms in total. The van der Waals surface area contributed by atoms with Gasteiger partial charge in [0.15, 0.2) is 0 Å². The molecule has 1 aromatic rings. The summed E-state index contributed by atoms with van der Waals surface area (Å²) >= 11 is 0. The molecule has 0 amide bonds. The van der Waals surface area contributed by atoms with E-state index in [1.807, 2.05) is 0 Å². The van der Waals surface area contributed by atoms with Gasteiger partial charge in [0.2, 0.25) is 0 Å². The van der Waals surface area contributed by atoms with Crippen LogP contribution in [-0.4, -0.2) is 41.4 Å². The number of nitrogens with zero attached hydrogens (tertiary/aromatic N) is 2. The van der Waals surface area contributed by atoms with Gasteiger partial charge in [-0.25, -0.2) is 4.98 Å². The number of aliphatic hydroxyl groups is 1. The Balaban J connectivity index is 2.46. The SMILES string of the molecule is Cc1cc([N+](=O)[O-])cnc1NCCOCCO. The number of nitrogens with one attached hydrogen (secondary N) is 1. The fourth-order valence-corrected chi connectivity index (χ4v) is 1.25. The Bertz CT molecular complexity index is 384. The van der Waals surface area contributed by atoms with Gasteiger partial charge in [0.1, 0.15) is 12.0 Å². The zero-order valence-electron chi connectivity index (χ0n) is 9.55. The molecular formula is C10H15N3O4. The maximum absolute atomic E-state index is 10.5. The zero-order chi connectivity index (χ0) is 12.7. The number of anilines is 1. The molecule has 94 valence electrons. The third-order valence-electron chi connectivity index (χ3n) is 2.05. The summed E-state index contributed by atoms with van der Waals surface area (Å²) in [6, 6.07) is 1.46. The lowest BCUT2D eigenvalue weighted by molar-refractivity contribution is -0.385. The summed E-state index contributed by atoms with van der Waals surface area (Å²) in [5.74, 6) is 0.600. The van der Waals surface area contributed by atoms with Gasteiger partial charge in [-0.2, -0.15) is 0 Å². The van der Waals surface area contributed by atoms with E-state index in [9.17, 15) is 10.1 Å². The number of aromatic nitrogens is 1. The van der Waals surface area contributed by atoms with Crippen LogP contribution in [0.1, 0.15) is 5.56 Å². The molecule has 0 aliphatic rings. The molecule has 0 spiro atoms. The van der Waals surface area contributed by atoms with Crippen LogP contribution in [0.3, 0.4) is 0 Å². The van der Waals surface area contributed by atoms with E-state index in [2.05, 4.69) is 10.3 Å². The predicted molar refractivity (Wildman–Crippen MR) is 62.0 cm³/mol. The van der Waals surface area contributed by atoms with Crippen molar-refractivity contribution in [3.05, 3.63) is 27.9 Å². The molecule has 0 saturated heterocycles. The standard InChI is InChI=1S/C10H15N3O4/c1-8-6-9(13(15)16)7-12-10(8)11-2-4-17-5-3-14/h6-7,14H,2-5H2,1H3,(H,11,12). The zero-order valence-corrected chi connectivity index (χ0v) is 9.55. The van der Waals surface area contributed by atoms with E-state index >= 15 is 0 Å². The van der Waals surface area contributed by atoms with Gasteiger partial charge < -0.3 is 15.2 Å². The Morgan fingerprint density at radius 2 is 2.35 bits per heavy atom. The highest BCUT2D eigenvalue weighted by Crippen LogP contribution is 2.17. The quantitative estimate of drug-likeness (QED) is 0.414. The first kappa shape index (κ1) is 13.3. The summed E-state index contributed by atoms with van der Waals surface area (Å²) in [6.07, 6.45) is 1.21. The third-order valence-corrected chi connectivity index (χ3v) is 2.05. The Morgan fingerprint density at radius 1 is 1.59 bits per heavy atom. The van der Waals surface area contributed by atoms with Crippen molar-refractivity contribution in [2.24, 2.45) is 0 Å². The minimum absolute atomic E-state index is 0.00515. The lowest BCUT2D eigenvalue weighted by atomic mass is 10.2. The van der Waals surface area contributed by atoms with Crippen molar-refractivity contribution < 1.29 is 14.8 Å². The van der Waals surface area contributed by atoms with Gasteiger partial charge in [-0.1, -0.05) is 0 Å². The lowest BCUT2D eigenvalue weighted by Gasteiger charge is -2.08. The first-order valence-electron chi connectivity index (χ1n) is 5.18. The molecule has 2 N–H and O–H groups in total. The molecule has 1 aromatic heterocycles.